The van der Waals surface area contributed by atoms with Crippen molar-refractivity contribution < 1.29 is 24.6 Å². The molecule has 0 heterocycles. The molecule has 1 aliphatic carbocycles. The summed E-state index contributed by atoms with van der Waals surface area (Å²) in [5, 5.41) is 19.9. The average Bonchev–Trinajstić information content (AvgIpc) is 3.19. The van der Waals surface area contributed by atoms with E-state index < -0.39 is 35.7 Å². The highest BCUT2D eigenvalue weighted by Crippen LogP contribution is 2.48. The van der Waals surface area contributed by atoms with Crippen molar-refractivity contribution in [3.63, 3.8) is 0 Å². The second kappa shape index (κ2) is 5.32. The molecular formula is C14H15NO5. The van der Waals surface area contributed by atoms with E-state index in [1.807, 2.05) is 30.3 Å². The standard InChI is InChI=1S/C14H15NO5/c16-11(17)8-10(12(18)19)15-13(20)14(6-7-14)9-4-2-1-3-5-9/h1-5,10H,6-8H2,(H,15,20)(H,16,17)(H,18,19)/t10-/m1/s1. The van der Waals surface area contributed by atoms with Gasteiger partial charge < -0.3 is 15.5 Å². The number of hydrogen-bond donors (Lipinski definition) is 3. The fourth-order valence-corrected chi connectivity index (χ4v) is 2.20. The van der Waals surface area contributed by atoms with Gasteiger partial charge in [0.05, 0.1) is 11.8 Å². The molecule has 1 fully saturated rings. The number of nitrogens with one attached hydrogen (secondary N) is 1. The van der Waals surface area contributed by atoms with Crippen molar-refractivity contribution in [3.8, 4) is 0 Å². The Balaban J connectivity index is 2.11. The van der Waals surface area contributed by atoms with E-state index in [0.717, 1.165) is 5.56 Å². The lowest BCUT2D eigenvalue weighted by molar-refractivity contribution is -0.147. The maximum atomic E-state index is 12.3. The van der Waals surface area contributed by atoms with Gasteiger partial charge in [0.2, 0.25) is 5.91 Å². The molecule has 0 aliphatic heterocycles. The largest absolute Gasteiger partial charge is 0.481 e. The number of carboxylic acids is 2. The number of carbonyl (C=O) groups is 3. The van der Waals surface area contributed by atoms with E-state index in [9.17, 15) is 14.4 Å². The van der Waals surface area contributed by atoms with E-state index in [1.165, 1.54) is 0 Å². The van der Waals surface area contributed by atoms with Gasteiger partial charge in [0.25, 0.3) is 0 Å². The maximum Gasteiger partial charge on any atom is 0.326 e. The van der Waals surface area contributed by atoms with E-state index in [0.29, 0.717) is 12.8 Å². The van der Waals surface area contributed by atoms with Crippen molar-refractivity contribution in [2.75, 3.05) is 0 Å². The molecular weight excluding hydrogens is 262 g/mol. The Morgan fingerprint density at radius 2 is 1.75 bits per heavy atom. The lowest BCUT2D eigenvalue weighted by Crippen LogP contribution is -2.46. The fourth-order valence-electron chi connectivity index (χ4n) is 2.20. The summed E-state index contributed by atoms with van der Waals surface area (Å²) < 4.78 is 0. The van der Waals surface area contributed by atoms with Crippen LogP contribution in [0.15, 0.2) is 30.3 Å². The number of amides is 1. The van der Waals surface area contributed by atoms with Gasteiger partial charge in [0.1, 0.15) is 6.04 Å². The molecule has 0 radical (unpaired) electrons. The van der Waals surface area contributed by atoms with Crippen LogP contribution in [0.1, 0.15) is 24.8 Å². The average molecular weight is 277 g/mol. The highest BCUT2D eigenvalue weighted by molar-refractivity contribution is 5.94. The lowest BCUT2D eigenvalue weighted by Gasteiger charge is -2.19. The number of benzene rings is 1. The predicted molar refractivity (Wildman–Crippen MR) is 69.2 cm³/mol. The number of aliphatic carboxylic acids is 2. The molecule has 1 aromatic carbocycles. The van der Waals surface area contributed by atoms with Crippen LogP contribution in [-0.2, 0) is 19.8 Å². The van der Waals surface area contributed by atoms with E-state index in [1.54, 1.807) is 0 Å². The van der Waals surface area contributed by atoms with Gasteiger partial charge in [-0.2, -0.15) is 0 Å². The summed E-state index contributed by atoms with van der Waals surface area (Å²) >= 11 is 0. The quantitative estimate of drug-likeness (QED) is 0.712. The number of carbonyl (C=O) groups excluding carboxylic acids is 1. The van der Waals surface area contributed by atoms with Crippen LogP contribution in [0.25, 0.3) is 0 Å². The molecule has 0 bridgehead atoms. The first kappa shape index (κ1) is 14.0. The minimum Gasteiger partial charge on any atom is -0.481 e. The third kappa shape index (κ3) is 2.79. The first-order chi connectivity index (χ1) is 9.45. The minimum absolute atomic E-state index is 0.419. The molecule has 0 saturated heterocycles. The van der Waals surface area contributed by atoms with Gasteiger partial charge in [0.15, 0.2) is 0 Å². The Bertz CT molecular complexity index is 536. The molecule has 6 heteroatoms. The zero-order valence-corrected chi connectivity index (χ0v) is 10.7. The SMILES string of the molecule is O=C(O)C[C@@H](NC(=O)C1(c2ccccc2)CC1)C(=O)O. The lowest BCUT2D eigenvalue weighted by atomic mass is 9.94. The first-order valence-corrected chi connectivity index (χ1v) is 6.27. The van der Waals surface area contributed by atoms with E-state index in [4.69, 9.17) is 10.2 Å². The van der Waals surface area contributed by atoms with Crippen LogP contribution in [0.2, 0.25) is 0 Å². The van der Waals surface area contributed by atoms with Crippen LogP contribution in [0, 0.1) is 0 Å². The summed E-state index contributed by atoms with van der Waals surface area (Å²) in [6.07, 6.45) is 0.649. The molecule has 3 N–H and O–H groups in total. The van der Waals surface area contributed by atoms with Gasteiger partial charge in [-0.25, -0.2) is 4.79 Å². The molecule has 0 aromatic heterocycles. The number of rotatable bonds is 6. The summed E-state index contributed by atoms with van der Waals surface area (Å²) in [5.41, 5.74) is 0.130. The van der Waals surface area contributed by atoms with Crippen LogP contribution < -0.4 is 5.32 Å². The molecule has 1 saturated carbocycles. The fraction of sp³-hybridized carbons (Fsp3) is 0.357. The monoisotopic (exact) mass is 277 g/mol. The van der Waals surface area contributed by atoms with E-state index >= 15 is 0 Å². The summed E-state index contributed by atoms with van der Waals surface area (Å²) in [5.74, 6) is -3.02. The van der Waals surface area contributed by atoms with Crippen molar-refractivity contribution in [2.24, 2.45) is 0 Å². The highest BCUT2D eigenvalue weighted by atomic mass is 16.4. The van der Waals surface area contributed by atoms with Crippen molar-refractivity contribution >= 4 is 17.8 Å². The van der Waals surface area contributed by atoms with Gasteiger partial charge in [-0.05, 0) is 18.4 Å². The molecule has 1 aromatic rings. The van der Waals surface area contributed by atoms with Gasteiger partial charge in [-0.1, -0.05) is 30.3 Å². The van der Waals surface area contributed by atoms with Crippen LogP contribution in [0.4, 0.5) is 0 Å². The molecule has 0 unspecified atom stereocenters. The molecule has 2 rings (SSSR count). The molecule has 6 nitrogen and oxygen atoms in total. The predicted octanol–water partition coefficient (Wildman–Crippen LogP) is 0.762. The molecule has 1 atom stereocenters. The third-order valence-corrected chi connectivity index (χ3v) is 3.49. The maximum absolute atomic E-state index is 12.3. The Labute approximate surface area is 115 Å². The van der Waals surface area contributed by atoms with E-state index in [2.05, 4.69) is 5.32 Å². The van der Waals surface area contributed by atoms with Crippen LogP contribution in [0.3, 0.4) is 0 Å². The van der Waals surface area contributed by atoms with Crippen LogP contribution >= 0.6 is 0 Å². The third-order valence-electron chi connectivity index (χ3n) is 3.49. The topological polar surface area (TPSA) is 104 Å². The van der Waals surface area contributed by atoms with Gasteiger partial charge in [0, 0.05) is 0 Å². The second-order valence-corrected chi connectivity index (χ2v) is 4.91. The normalized spacial score (nSPS) is 17.0. The Morgan fingerprint density at radius 3 is 2.20 bits per heavy atom. The molecule has 0 spiro atoms. The van der Waals surface area contributed by atoms with Crippen LogP contribution in [0.5, 0.6) is 0 Å². The number of carboxylic acid groups (broad SMARTS) is 2. The molecule has 1 amide bonds. The van der Waals surface area contributed by atoms with Crippen molar-refractivity contribution in [1.82, 2.24) is 5.32 Å². The Hall–Kier alpha value is -2.37. The first-order valence-electron chi connectivity index (χ1n) is 6.27. The molecule has 106 valence electrons. The summed E-state index contributed by atoms with van der Waals surface area (Å²) in [7, 11) is 0. The highest BCUT2D eigenvalue weighted by Gasteiger charge is 2.51. The molecule has 1 aliphatic rings. The Kier molecular flexibility index (Phi) is 3.74. The van der Waals surface area contributed by atoms with Crippen molar-refractivity contribution in [3.05, 3.63) is 35.9 Å². The van der Waals surface area contributed by atoms with Gasteiger partial charge in [-0.3, -0.25) is 9.59 Å². The number of hydrogen-bond acceptors (Lipinski definition) is 3. The van der Waals surface area contributed by atoms with Crippen LogP contribution in [-0.4, -0.2) is 34.1 Å². The van der Waals surface area contributed by atoms with Gasteiger partial charge in [-0.15, -0.1) is 0 Å². The van der Waals surface area contributed by atoms with Crippen molar-refractivity contribution in [1.29, 1.82) is 0 Å². The summed E-state index contributed by atoms with van der Waals surface area (Å²) in [6, 6.07) is 7.70. The minimum atomic E-state index is -1.40. The summed E-state index contributed by atoms with van der Waals surface area (Å²) in [4.78, 5) is 33.8. The van der Waals surface area contributed by atoms with Crippen molar-refractivity contribution in [2.45, 2.75) is 30.7 Å². The molecule has 20 heavy (non-hydrogen) atoms. The summed E-state index contributed by atoms with van der Waals surface area (Å²) in [6.45, 7) is 0. The second-order valence-electron chi connectivity index (χ2n) is 4.91. The zero-order valence-electron chi connectivity index (χ0n) is 10.7. The van der Waals surface area contributed by atoms with Gasteiger partial charge >= 0.3 is 11.9 Å². The Morgan fingerprint density at radius 1 is 1.15 bits per heavy atom. The zero-order chi connectivity index (χ0) is 14.8. The smallest absolute Gasteiger partial charge is 0.326 e. The van der Waals surface area contributed by atoms with E-state index in [-0.39, 0.29) is 0 Å².